The molecule has 1 saturated heterocycles. The molecule has 0 aromatic rings. The summed E-state index contributed by atoms with van der Waals surface area (Å²) in [5.74, 6) is 2.53. The van der Waals surface area contributed by atoms with E-state index in [1.165, 1.54) is 32.1 Å². The zero-order valence-electron chi connectivity index (χ0n) is 17.1. The standard InChI is InChI=1S/C22H37NO3/c1-5-25-15-13-18-16-7-8-19-22(4,12-10-20(24)23(19)26-6-2)17(16)9-11-21(18,3)14-15/h15-19H,5-14H2,1-4H3/t15?,16-,17-,18+,19?,21-,22-/m1/s1. The second kappa shape index (κ2) is 6.77. The second-order valence-electron chi connectivity index (χ2n) is 9.82. The third kappa shape index (κ3) is 2.74. The number of hydrogen-bond acceptors (Lipinski definition) is 3. The Kier molecular flexibility index (Phi) is 4.88. The third-order valence-electron chi connectivity index (χ3n) is 8.62. The van der Waals surface area contributed by atoms with Gasteiger partial charge in [0.05, 0.1) is 18.8 Å². The number of fused-ring (bicyclic) bond motifs is 5. The Labute approximate surface area is 158 Å². The van der Waals surface area contributed by atoms with Crippen molar-refractivity contribution in [3.8, 4) is 0 Å². The normalized spacial score (nSPS) is 48.1. The van der Waals surface area contributed by atoms with Crippen molar-refractivity contribution in [2.45, 2.75) is 91.2 Å². The lowest BCUT2D eigenvalue weighted by molar-refractivity contribution is -0.244. The SMILES string of the molecule is CCOC1C[C@H]2[C@@H]3CCC4N(OCC)C(=O)CC[C@]4(C)[C@@H]3CC[C@]2(C)C1. The molecule has 0 bridgehead atoms. The lowest BCUT2D eigenvalue weighted by Gasteiger charge is -2.61. The van der Waals surface area contributed by atoms with Crippen molar-refractivity contribution >= 4 is 5.91 Å². The molecule has 7 atom stereocenters. The molecule has 1 aliphatic heterocycles. The highest BCUT2D eigenvalue weighted by Gasteiger charge is 2.61. The largest absolute Gasteiger partial charge is 0.378 e. The summed E-state index contributed by atoms with van der Waals surface area (Å²) in [7, 11) is 0. The number of carbonyl (C=O) groups excluding carboxylic acids is 1. The summed E-state index contributed by atoms with van der Waals surface area (Å²) in [4.78, 5) is 18.3. The van der Waals surface area contributed by atoms with Gasteiger partial charge in [-0.1, -0.05) is 13.8 Å². The molecule has 4 heteroatoms. The van der Waals surface area contributed by atoms with Gasteiger partial charge in [0, 0.05) is 13.0 Å². The zero-order valence-corrected chi connectivity index (χ0v) is 17.1. The van der Waals surface area contributed by atoms with Gasteiger partial charge < -0.3 is 4.74 Å². The van der Waals surface area contributed by atoms with Crippen LogP contribution in [0.4, 0.5) is 0 Å². The van der Waals surface area contributed by atoms with Crippen LogP contribution in [0.3, 0.4) is 0 Å². The summed E-state index contributed by atoms with van der Waals surface area (Å²) in [6.45, 7) is 10.5. The van der Waals surface area contributed by atoms with Crippen LogP contribution in [0, 0.1) is 28.6 Å². The predicted octanol–water partition coefficient (Wildman–Crippen LogP) is 4.58. The van der Waals surface area contributed by atoms with Crippen LogP contribution < -0.4 is 0 Å². The van der Waals surface area contributed by atoms with Gasteiger partial charge in [-0.3, -0.25) is 9.63 Å². The summed E-state index contributed by atoms with van der Waals surface area (Å²) >= 11 is 0. The molecule has 4 rings (SSSR count). The Balaban J connectivity index is 1.58. The predicted molar refractivity (Wildman–Crippen MR) is 101 cm³/mol. The van der Waals surface area contributed by atoms with Gasteiger partial charge in [0.25, 0.3) is 0 Å². The number of hydrogen-bond donors (Lipinski definition) is 0. The maximum absolute atomic E-state index is 12.5. The quantitative estimate of drug-likeness (QED) is 0.734. The van der Waals surface area contributed by atoms with E-state index in [0.29, 0.717) is 24.5 Å². The van der Waals surface area contributed by atoms with Crippen LogP contribution in [-0.2, 0) is 14.4 Å². The van der Waals surface area contributed by atoms with E-state index >= 15 is 0 Å². The Bertz CT molecular complexity index is 552. The third-order valence-corrected chi connectivity index (χ3v) is 8.62. The Morgan fingerprint density at radius 3 is 2.62 bits per heavy atom. The zero-order chi connectivity index (χ0) is 18.5. The van der Waals surface area contributed by atoms with Gasteiger partial charge in [0.15, 0.2) is 0 Å². The molecule has 2 unspecified atom stereocenters. The Morgan fingerprint density at radius 1 is 1.08 bits per heavy atom. The molecule has 0 spiro atoms. The van der Waals surface area contributed by atoms with Crippen molar-refractivity contribution in [3.63, 3.8) is 0 Å². The van der Waals surface area contributed by atoms with Gasteiger partial charge in [0.1, 0.15) is 0 Å². The average Bonchev–Trinajstić information content (AvgIpc) is 2.94. The van der Waals surface area contributed by atoms with Crippen molar-refractivity contribution in [1.82, 2.24) is 5.06 Å². The van der Waals surface area contributed by atoms with Crippen molar-refractivity contribution < 1.29 is 14.4 Å². The number of rotatable bonds is 4. The molecule has 4 fully saturated rings. The van der Waals surface area contributed by atoms with Crippen molar-refractivity contribution in [3.05, 3.63) is 0 Å². The highest BCUT2D eigenvalue weighted by atomic mass is 16.7. The van der Waals surface area contributed by atoms with E-state index in [9.17, 15) is 4.79 Å². The molecule has 3 aliphatic carbocycles. The second-order valence-corrected chi connectivity index (χ2v) is 9.82. The molecule has 0 aromatic heterocycles. The lowest BCUT2D eigenvalue weighted by Crippen LogP contribution is -2.61. The molecule has 4 nitrogen and oxygen atoms in total. The highest BCUT2D eigenvalue weighted by molar-refractivity contribution is 5.76. The smallest absolute Gasteiger partial charge is 0.246 e. The number of carbonyl (C=O) groups is 1. The Hall–Kier alpha value is -0.610. The molecule has 0 aromatic carbocycles. The summed E-state index contributed by atoms with van der Waals surface area (Å²) in [5, 5.41) is 1.78. The molecule has 3 saturated carbocycles. The first kappa shape index (κ1) is 18.7. The van der Waals surface area contributed by atoms with Crippen LogP contribution in [0.5, 0.6) is 0 Å². The molecular weight excluding hydrogens is 326 g/mol. The van der Waals surface area contributed by atoms with Gasteiger partial charge in [0.2, 0.25) is 5.91 Å². The van der Waals surface area contributed by atoms with Crippen molar-refractivity contribution in [1.29, 1.82) is 0 Å². The molecule has 4 aliphatic rings. The van der Waals surface area contributed by atoms with E-state index in [4.69, 9.17) is 9.57 Å². The van der Waals surface area contributed by atoms with Gasteiger partial charge in [-0.2, -0.15) is 0 Å². The van der Waals surface area contributed by atoms with Gasteiger partial charge in [-0.05, 0) is 87.4 Å². The Morgan fingerprint density at radius 2 is 1.88 bits per heavy atom. The van der Waals surface area contributed by atoms with E-state index in [1.807, 2.05) is 6.92 Å². The number of piperidine rings is 1. The number of ether oxygens (including phenoxy) is 1. The monoisotopic (exact) mass is 363 g/mol. The van der Waals surface area contributed by atoms with Crippen LogP contribution in [0.2, 0.25) is 0 Å². The van der Waals surface area contributed by atoms with Gasteiger partial charge >= 0.3 is 0 Å². The van der Waals surface area contributed by atoms with Crippen LogP contribution in [0.1, 0.15) is 79.1 Å². The fraction of sp³-hybridized carbons (Fsp3) is 0.955. The minimum atomic E-state index is 0.200. The summed E-state index contributed by atoms with van der Waals surface area (Å²) < 4.78 is 6.06. The fourth-order valence-corrected chi connectivity index (χ4v) is 7.49. The van der Waals surface area contributed by atoms with Crippen LogP contribution >= 0.6 is 0 Å². The number of amides is 1. The molecule has 26 heavy (non-hydrogen) atoms. The van der Waals surface area contributed by atoms with E-state index < -0.39 is 0 Å². The van der Waals surface area contributed by atoms with E-state index in [-0.39, 0.29) is 17.4 Å². The summed E-state index contributed by atoms with van der Waals surface area (Å²) in [6, 6.07) is 0.276. The maximum atomic E-state index is 12.5. The van der Waals surface area contributed by atoms with Crippen LogP contribution in [0.25, 0.3) is 0 Å². The minimum Gasteiger partial charge on any atom is -0.378 e. The van der Waals surface area contributed by atoms with Crippen LogP contribution in [0.15, 0.2) is 0 Å². The first-order valence-corrected chi connectivity index (χ1v) is 11.0. The van der Waals surface area contributed by atoms with Gasteiger partial charge in [-0.25, -0.2) is 5.06 Å². The first-order chi connectivity index (χ1) is 12.4. The van der Waals surface area contributed by atoms with Gasteiger partial charge in [-0.15, -0.1) is 0 Å². The summed E-state index contributed by atoms with van der Waals surface area (Å²) in [5.41, 5.74) is 0.686. The van der Waals surface area contributed by atoms with E-state index in [1.54, 1.807) is 5.06 Å². The van der Waals surface area contributed by atoms with E-state index in [0.717, 1.165) is 37.2 Å². The lowest BCUT2D eigenvalue weighted by atomic mass is 9.48. The first-order valence-electron chi connectivity index (χ1n) is 11.0. The number of nitrogens with zero attached hydrogens (tertiary/aromatic N) is 1. The van der Waals surface area contributed by atoms with Crippen LogP contribution in [-0.4, -0.2) is 36.3 Å². The molecule has 0 radical (unpaired) electrons. The molecule has 1 heterocycles. The van der Waals surface area contributed by atoms with Crippen molar-refractivity contribution in [2.75, 3.05) is 13.2 Å². The topological polar surface area (TPSA) is 38.8 Å². The van der Waals surface area contributed by atoms with E-state index in [2.05, 4.69) is 20.8 Å². The fourth-order valence-electron chi connectivity index (χ4n) is 7.49. The summed E-state index contributed by atoms with van der Waals surface area (Å²) in [6.07, 6.45) is 9.66. The van der Waals surface area contributed by atoms with Crippen molar-refractivity contribution in [2.24, 2.45) is 28.6 Å². The molecular formula is C22H37NO3. The highest BCUT2D eigenvalue weighted by Crippen LogP contribution is 2.65. The number of hydroxylamine groups is 2. The molecule has 1 amide bonds. The maximum Gasteiger partial charge on any atom is 0.246 e. The molecule has 148 valence electrons. The molecule has 0 N–H and O–H groups in total. The average molecular weight is 364 g/mol. The minimum absolute atomic E-state index is 0.200.